The van der Waals surface area contributed by atoms with Crippen LogP contribution in [0.25, 0.3) is 0 Å². The van der Waals surface area contributed by atoms with E-state index in [0.29, 0.717) is 0 Å². The molecule has 0 heterocycles. The molecule has 1 aliphatic carbocycles. The SMILES string of the molecule is C1=C[C](Cc2ccccc2)CCC1. The van der Waals surface area contributed by atoms with Crippen LogP contribution >= 0.6 is 0 Å². The number of hydrogen-bond donors (Lipinski definition) is 0. The summed E-state index contributed by atoms with van der Waals surface area (Å²) >= 11 is 0. The van der Waals surface area contributed by atoms with Gasteiger partial charge in [-0.25, -0.2) is 0 Å². The van der Waals surface area contributed by atoms with Gasteiger partial charge >= 0.3 is 0 Å². The maximum atomic E-state index is 2.30. The molecule has 0 N–H and O–H groups in total. The minimum absolute atomic E-state index is 1.14. The van der Waals surface area contributed by atoms with Gasteiger partial charge in [0.1, 0.15) is 0 Å². The van der Waals surface area contributed by atoms with Crippen LogP contribution in [0.2, 0.25) is 0 Å². The number of benzene rings is 1. The Labute approximate surface area is 80.3 Å². The quantitative estimate of drug-likeness (QED) is 0.638. The van der Waals surface area contributed by atoms with Gasteiger partial charge in [-0.2, -0.15) is 0 Å². The number of rotatable bonds is 2. The Morgan fingerprint density at radius 1 is 1.08 bits per heavy atom. The van der Waals surface area contributed by atoms with E-state index in [2.05, 4.69) is 42.5 Å². The van der Waals surface area contributed by atoms with Crippen molar-refractivity contribution >= 4 is 0 Å². The lowest BCUT2D eigenvalue weighted by Crippen LogP contribution is -2.01. The van der Waals surface area contributed by atoms with Gasteiger partial charge < -0.3 is 0 Å². The molecule has 0 nitrogen and oxygen atoms in total. The standard InChI is InChI=1S/C13H15/c1-3-7-12(8-4-1)11-13-9-5-2-6-10-13/h1,3-5,7-9H,2,6,10-11H2. The molecule has 0 fully saturated rings. The van der Waals surface area contributed by atoms with Crippen LogP contribution in [-0.4, -0.2) is 0 Å². The molecule has 0 saturated carbocycles. The third-order valence-corrected chi connectivity index (χ3v) is 2.50. The third-order valence-electron chi connectivity index (χ3n) is 2.50. The molecule has 1 aromatic rings. The molecule has 13 heavy (non-hydrogen) atoms. The number of hydrogen-bond acceptors (Lipinski definition) is 0. The fourth-order valence-electron chi connectivity index (χ4n) is 1.79. The largest absolute Gasteiger partial charge is 0.0879 e. The maximum absolute atomic E-state index is 2.30. The van der Waals surface area contributed by atoms with E-state index in [4.69, 9.17) is 0 Å². The second-order valence-electron chi connectivity index (χ2n) is 3.62. The van der Waals surface area contributed by atoms with Crippen molar-refractivity contribution in [3.05, 3.63) is 54.0 Å². The Kier molecular flexibility index (Phi) is 2.81. The highest BCUT2D eigenvalue weighted by atomic mass is 14.1. The molecule has 0 heteroatoms. The van der Waals surface area contributed by atoms with Gasteiger partial charge in [-0.3, -0.25) is 0 Å². The second-order valence-corrected chi connectivity index (χ2v) is 3.62. The molecule has 0 saturated heterocycles. The number of allylic oxidation sites excluding steroid dienone is 2. The fourth-order valence-corrected chi connectivity index (χ4v) is 1.79. The Morgan fingerprint density at radius 2 is 1.92 bits per heavy atom. The first-order valence-corrected chi connectivity index (χ1v) is 5.00. The van der Waals surface area contributed by atoms with Gasteiger partial charge in [-0.1, -0.05) is 42.5 Å². The summed E-state index contributed by atoms with van der Waals surface area (Å²) in [4.78, 5) is 0. The van der Waals surface area contributed by atoms with Crippen molar-refractivity contribution < 1.29 is 0 Å². The van der Waals surface area contributed by atoms with Gasteiger partial charge in [0.25, 0.3) is 0 Å². The van der Waals surface area contributed by atoms with Gasteiger partial charge in [0, 0.05) is 5.92 Å². The molecule has 0 spiro atoms. The lowest BCUT2D eigenvalue weighted by Gasteiger charge is -2.15. The topological polar surface area (TPSA) is 0 Å². The van der Waals surface area contributed by atoms with Crippen molar-refractivity contribution in [1.29, 1.82) is 0 Å². The summed E-state index contributed by atoms with van der Waals surface area (Å²) in [6, 6.07) is 10.7. The van der Waals surface area contributed by atoms with E-state index >= 15 is 0 Å². The van der Waals surface area contributed by atoms with Gasteiger partial charge in [0.05, 0.1) is 0 Å². The highest BCUT2D eigenvalue weighted by molar-refractivity contribution is 5.24. The predicted octanol–water partition coefficient (Wildman–Crippen LogP) is 3.54. The Balaban J connectivity index is 1.98. The van der Waals surface area contributed by atoms with Gasteiger partial charge in [0.2, 0.25) is 0 Å². The van der Waals surface area contributed by atoms with Gasteiger partial charge in [-0.05, 0) is 31.2 Å². The van der Waals surface area contributed by atoms with Crippen molar-refractivity contribution in [3.8, 4) is 0 Å². The molecule has 1 radical (unpaired) electrons. The van der Waals surface area contributed by atoms with E-state index in [1.54, 1.807) is 5.92 Å². The third kappa shape index (κ3) is 2.45. The lowest BCUT2D eigenvalue weighted by molar-refractivity contribution is 0.726. The highest BCUT2D eigenvalue weighted by Crippen LogP contribution is 2.22. The monoisotopic (exact) mass is 171 g/mol. The molecular formula is C13H15. The Morgan fingerprint density at radius 3 is 2.62 bits per heavy atom. The minimum Gasteiger partial charge on any atom is -0.0879 e. The van der Waals surface area contributed by atoms with Crippen molar-refractivity contribution in [2.24, 2.45) is 0 Å². The van der Waals surface area contributed by atoms with Crippen molar-refractivity contribution in [3.63, 3.8) is 0 Å². The zero-order chi connectivity index (χ0) is 8.93. The molecule has 0 unspecified atom stereocenters. The first-order chi connectivity index (χ1) is 6.45. The van der Waals surface area contributed by atoms with Crippen molar-refractivity contribution in [2.45, 2.75) is 25.7 Å². The summed E-state index contributed by atoms with van der Waals surface area (Å²) in [5.41, 5.74) is 1.43. The van der Waals surface area contributed by atoms with Crippen molar-refractivity contribution in [2.75, 3.05) is 0 Å². The first kappa shape index (κ1) is 8.55. The maximum Gasteiger partial charge on any atom is 0.00163 e. The molecule has 0 aliphatic heterocycles. The molecule has 0 aromatic heterocycles. The van der Waals surface area contributed by atoms with Crippen LogP contribution in [0.5, 0.6) is 0 Å². The van der Waals surface area contributed by atoms with E-state index in [-0.39, 0.29) is 0 Å². The molecule has 1 aliphatic rings. The van der Waals surface area contributed by atoms with Crippen LogP contribution in [-0.2, 0) is 6.42 Å². The van der Waals surface area contributed by atoms with Crippen LogP contribution in [0.15, 0.2) is 42.5 Å². The minimum atomic E-state index is 1.14. The van der Waals surface area contributed by atoms with Crippen LogP contribution in [0.3, 0.4) is 0 Å². The van der Waals surface area contributed by atoms with Crippen LogP contribution in [0.4, 0.5) is 0 Å². The summed E-state index contributed by atoms with van der Waals surface area (Å²) in [5.74, 6) is 1.58. The molecule has 2 rings (SSSR count). The van der Waals surface area contributed by atoms with Crippen LogP contribution in [0, 0.1) is 5.92 Å². The average Bonchev–Trinajstić information content (AvgIpc) is 2.21. The molecule has 67 valence electrons. The lowest BCUT2D eigenvalue weighted by atomic mass is 9.90. The van der Waals surface area contributed by atoms with E-state index in [1.165, 1.54) is 24.8 Å². The van der Waals surface area contributed by atoms with E-state index in [0.717, 1.165) is 6.42 Å². The molecular weight excluding hydrogens is 156 g/mol. The Hall–Kier alpha value is -1.04. The van der Waals surface area contributed by atoms with Gasteiger partial charge in [0.15, 0.2) is 0 Å². The average molecular weight is 171 g/mol. The summed E-state index contributed by atoms with van der Waals surface area (Å²) < 4.78 is 0. The zero-order valence-electron chi connectivity index (χ0n) is 7.87. The van der Waals surface area contributed by atoms with Crippen LogP contribution < -0.4 is 0 Å². The van der Waals surface area contributed by atoms with E-state index < -0.39 is 0 Å². The second kappa shape index (κ2) is 4.27. The summed E-state index contributed by atoms with van der Waals surface area (Å²) in [6.45, 7) is 0. The smallest absolute Gasteiger partial charge is 0.00163 e. The summed E-state index contributed by atoms with van der Waals surface area (Å²) in [7, 11) is 0. The van der Waals surface area contributed by atoms with Crippen LogP contribution in [0.1, 0.15) is 24.8 Å². The zero-order valence-corrected chi connectivity index (χ0v) is 7.87. The van der Waals surface area contributed by atoms with Gasteiger partial charge in [-0.15, -0.1) is 0 Å². The fraction of sp³-hybridized carbons (Fsp3) is 0.308. The first-order valence-electron chi connectivity index (χ1n) is 5.00. The molecule has 0 atom stereocenters. The predicted molar refractivity (Wildman–Crippen MR) is 56.4 cm³/mol. The normalized spacial score (nSPS) is 17.5. The molecule has 0 bridgehead atoms. The summed E-state index contributed by atoms with van der Waals surface area (Å²) in [5, 5.41) is 0. The van der Waals surface area contributed by atoms with E-state index in [1.807, 2.05) is 0 Å². The van der Waals surface area contributed by atoms with Crippen molar-refractivity contribution in [1.82, 2.24) is 0 Å². The Bertz CT molecular complexity index is 271. The van der Waals surface area contributed by atoms with E-state index in [9.17, 15) is 0 Å². The molecule has 1 aromatic carbocycles. The molecule has 0 amide bonds. The summed E-state index contributed by atoms with van der Waals surface area (Å²) in [6.07, 6.45) is 9.61. The highest BCUT2D eigenvalue weighted by Gasteiger charge is 2.08.